The number of aliphatic hydroxyl groups is 1. The van der Waals surface area contributed by atoms with Gasteiger partial charge in [0.05, 0.1) is 6.61 Å². The third kappa shape index (κ3) is 3.70. The van der Waals surface area contributed by atoms with Crippen LogP contribution >= 0.6 is 11.6 Å². The zero-order valence-corrected chi connectivity index (χ0v) is 11.9. The monoisotopic (exact) mass is 293 g/mol. The smallest absolute Gasteiger partial charge is 0.129 e. The molecule has 20 heavy (non-hydrogen) atoms. The van der Waals surface area contributed by atoms with Gasteiger partial charge in [-0.05, 0) is 12.1 Å². The molecular weight excluding hydrogens is 278 g/mol. The van der Waals surface area contributed by atoms with Gasteiger partial charge in [-0.1, -0.05) is 35.9 Å². The van der Waals surface area contributed by atoms with E-state index in [9.17, 15) is 5.11 Å². The van der Waals surface area contributed by atoms with Gasteiger partial charge in [0.1, 0.15) is 23.6 Å². The van der Waals surface area contributed by atoms with Gasteiger partial charge in [0, 0.05) is 24.4 Å². The lowest BCUT2D eigenvalue weighted by atomic mass is 10.0. The minimum Gasteiger partial charge on any atom is -0.491 e. The predicted octanol–water partition coefficient (Wildman–Crippen LogP) is 2.84. The van der Waals surface area contributed by atoms with Gasteiger partial charge in [-0.25, -0.2) is 4.98 Å². The molecule has 106 valence electrons. The van der Waals surface area contributed by atoms with Crippen LogP contribution in [0.5, 0.6) is 5.75 Å². The molecule has 1 heterocycles. The van der Waals surface area contributed by atoms with E-state index in [0.717, 1.165) is 0 Å². The molecule has 1 aromatic heterocycles. The van der Waals surface area contributed by atoms with Crippen LogP contribution in [0.4, 0.5) is 0 Å². The highest BCUT2D eigenvalue weighted by Gasteiger charge is 2.15. The highest BCUT2D eigenvalue weighted by atomic mass is 35.5. The fraction of sp³-hybridized carbons (Fsp3) is 0.267. The number of pyridine rings is 1. The van der Waals surface area contributed by atoms with Crippen LogP contribution in [0.1, 0.15) is 17.2 Å². The lowest BCUT2D eigenvalue weighted by Gasteiger charge is -2.16. The standard InChI is InChI=1S/C15H16ClNO3/c1-19-8-9-20-13-5-3-2-4-12(13)15(18)11-6-7-14(16)17-10-11/h2-7,10,15,18H,8-9H2,1H3. The molecule has 2 aromatic rings. The quantitative estimate of drug-likeness (QED) is 0.657. The van der Waals surface area contributed by atoms with Crippen molar-refractivity contribution in [2.75, 3.05) is 20.3 Å². The van der Waals surface area contributed by atoms with Gasteiger partial charge in [-0.15, -0.1) is 0 Å². The van der Waals surface area contributed by atoms with Crippen molar-refractivity contribution in [3.05, 3.63) is 58.9 Å². The first-order valence-electron chi connectivity index (χ1n) is 6.22. The molecule has 4 nitrogen and oxygen atoms in total. The minimum atomic E-state index is -0.807. The second kappa shape index (κ2) is 7.24. The number of methoxy groups -OCH3 is 1. The fourth-order valence-corrected chi connectivity index (χ4v) is 1.91. The highest BCUT2D eigenvalue weighted by Crippen LogP contribution is 2.29. The summed E-state index contributed by atoms with van der Waals surface area (Å²) in [6, 6.07) is 10.7. The fourth-order valence-electron chi connectivity index (χ4n) is 1.80. The van der Waals surface area contributed by atoms with E-state index >= 15 is 0 Å². The molecule has 0 spiro atoms. The zero-order valence-electron chi connectivity index (χ0n) is 11.1. The van der Waals surface area contributed by atoms with Crippen molar-refractivity contribution >= 4 is 11.6 Å². The number of aromatic nitrogens is 1. The lowest BCUT2D eigenvalue weighted by molar-refractivity contribution is 0.142. The van der Waals surface area contributed by atoms with E-state index in [4.69, 9.17) is 21.1 Å². The Bertz CT molecular complexity index is 545. The molecule has 0 fully saturated rings. The van der Waals surface area contributed by atoms with Crippen molar-refractivity contribution in [1.82, 2.24) is 4.98 Å². The molecule has 0 amide bonds. The lowest BCUT2D eigenvalue weighted by Crippen LogP contribution is -2.08. The molecule has 5 heteroatoms. The highest BCUT2D eigenvalue weighted by molar-refractivity contribution is 6.29. The molecule has 1 N–H and O–H groups in total. The van der Waals surface area contributed by atoms with Gasteiger partial charge in [-0.2, -0.15) is 0 Å². The Morgan fingerprint density at radius 1 is 1.20 bits per heavy atom. The Balaban J connectivity index is 2.20. The second-order valence-electron chi connectivity index (χ2n) is 4.20. The molecule has 0 aliphatic rings. The Hall–Kier alpha value is -1.62. The summed E-state index contributed by atoms with van der Waals surface area (Å²) in [5.74, 6) is 0.631. The van der Waals surface area contributed by atoms with E-state index < -0.39 is 6.10 Å². The second-order valence-corrected chi connectivity index (χ2v) is 4.58. The molecule has 0 saturated carbocycles. The number of halogens is 1. The van der Waals surface area contributed by atoms with Gasteiger partial charge < -0.3 is 14.6 Å². The Labute approximate surface area is 122 Å². The summed E-state index contributed by atoms with van der Waals surface area (Å²) in [4.78, 5) is 3.98. The maximum Gasteiger partial charge on any atom is 0.129 e. The summed E-state index contributed by atoms with van der Waals surface area (Å²) < 4.78 is 10.6. The van der Waals surface area contributed by atoms with Crippen LogP contribution in [0.15, 0.2) is 42.6 Å². The van der Waals surface area contributed by atoms with Crippen molar-refractivity contribution in [3.8, 4) is 5.75 Å². The van der Waals surface area contributed by atoms with Crippen LogP contribution < -0.4 is 4.74 Å². The van der Waals surface area contributed by atoms with Crippen LogP contribution in [-0.4, -0.2) is 30.4 Å². The summed E-state index contributed by atoms with van der Waals surface area (Å²) in [7, 11) is 1.61. The van der Waals surface area contributed by atoms with Crippen LogP contribution in [-0.2, 0) is 4.74 Å². The van der Waals surface area contributed by atoms with Gasteiger partial charge >= 0.3 is 0 Å². The molecule has 0 saturated heterocycles. The van der Waals surface area contributed by atoms with Crippen LogP contribution in [0.2, 0.25) is 5.15 Å². The number of para-hydroxylation sites is 1. The van der Waals surface area contributed by atoms with Crippen LogP contribution in [0.3, 0.4) is 0 Å². The Morgan fingerprint density at radius 2 is 2.00 bits per heavy atom. The van der Waals surface area contributed by atoms with Crippen molar-refractivity contribution < 1.29 is 14.6 Å². The van der Waals surface area contributed by atoms with E-state index in [1.54, 1.807) is 25.4 Å². The predicted molar refractivity (Wildman–Crippen MR) is 77.1 cm³/mol. The van der Waals surface area contributed by atoms with Crippen molar-refractivity contribution in [3.63, 3.8) is 0 Å². The van der Waals surface area contributed by atoms with Crippen molar-refractivity contribution in [2.45, 2.75) is 6.10 Å². The molecule has 1 unspecified atom stereocenters. The van der Waals surface area contributed by atoms with Crippen molar-refractivity contribution in [2.24, 2.45) is 0 Å². The number of hydrogen-bond acceptors (Lipinski definition) is 4. The van der Waals surface area contributed by atoms with E-state index in [0.29, 0.717) is 35.2 Å². The largest absolute Gasteiger partial charge is 0.491 e. The average Bonchev–Trinajstić information content (AvgIpc) is 2.48. The van der Waals surface area contributed by atoms with Gasteiger partial charge in [0.25, 0.3) is 0 Å². The molecular formula is C15H16ClNO3. The average molecular weight is 294 g/mol. The number of hydrogen-bond donors (Lipinski definition) is 1. The first kappa shape index (κ1) is 14.8. The Morgan fingerprint density at radius 3 is 2.70 bits per heavy atom. The number of rotatable bonds is 6. The summed E-state index contributed by atoms with van der Waals surface area (Å²) in [5.41, 5.74) is 1.35. The number of aliphatic hydroxyl groups excluding tert-OH is 1. The van der Waals surface area contributed by atoms with E-state index in [1.807, 2.05) is 24.3 Å². The molecule has 0 bridgehead atoms. The SMILES string of the molecule is COCCOc1ccccc1C(O)c1ccc(Cl)nc1. The summed E-state index contributed by atoms with van der Waals surface area (Å²) in [6.07, 6.45) is 0.748. The topological polar surface area (TPSA) is 51.6 Å². The number of benzene rings is 1. The summed E-state index contributed by atoms with van der Waals surface area (Å²) >= 11 is 5.75. The normalized spacial score (nSPS) is 12.2. The molecule has 2 rings (SSSR count). The maximum atomic E-state index is 10.4. The summed E-state index contributed by atoms with van der Waals surface area (Å²) in [6.45, 7) is 0.923. The van der Waals surface area contributed by atoms with Crippen LogP contribution in [0, 0.1) is 0 Å². The van der Waals surface area contributed by atoms with Gasteiger partial charge in [0.2, 0.25) is 0 Å². The van der Waals surface area contributed by atoms with Gasteiger partial charge in [-0.3, -0.25) is 0 Å². The number of ether oxygens (including phenoxy) is 2. The molecule has 1 atom stereocenters. The summed E-state index contributed by atoms with van der Waals surface area (Å²) in [5, 5.41) is 10.8. The molecule has 0 aliphatic heterocycles. The van der Waals surface area contributed by atoms with Crippen LogP contribution in [0.25, 0.3) is 0 Å². The first-order chi connectivity index (χ1) is 9.72. The van der Waals surface area contributed by atoms with E-state index in [1.165, 1.54) is 0 Å². The van der Waals surface area contributed by atoms with Crippen molar-refractivity contribution in [1.29, 1.82) is 0 Å². The van der Waals surface area contributed by atoms with Gasteiger partial charge in [0.15, 0.2) is 0 Å². The Kier molecular flexibility index (Phi) is 5.35. The third-order valence-electron chi connectivity index (χ3n) is 2.82. The van der Waals surface area contributed by atoms with E-state index in [2.05, 4.69) is 4.98 Å². The molecule has 1 aromatic carbocycles. The third-order valence-corrected chi connectivity index (χ3v) is 3.05. The molecule has 0 aliphatic carbocycles. The zero-order chi connectivity index (χ0) is 14.4. The maximum absolute atomic E-state index is 10.4. The number of nitrogens with zero attached hydrogens (tertiary/aromatic N) is 1. The minimum absolute atomic E-state index is 0.394. The first-order valence-corrected chi connectivity index (χ1v) is 6.60. The van der Waals surface area contributed by atoms with E-state index in [-0.39, 0.29) is 0 Å². The molecule has 0 radical (unpaired) electrons.